The Bertz CT molecular complexity index is 786. The molecule has 142 valence electrons. The van der Waals surface area contributed by atoms with Crippen molar-refractivity contribution in [3.63, 3.8) is 0 Å². The highest BCUT2D eigenvalue weighted by molar-refractivity contribution is 5.95. The molecule has 0 spiro atoms. The average Bonchev–Trinajstić information content (AvgIpc) is 2.64. The Labute approximate surface area is 156 Å². The summed E-state index contributed by atoms with van der Waals surface area (Å²) in [4.78, 5) is 26.2. The molecule has 2 N–H and O–H groups in total. The highest BCUT2D eigenvalue weighted by atomic mass is 19.1. The zero-order valence-corrected chi connectivity index (χ0v) is 14.8. The van der Waals surface area contributed by atoms with Gasteiger partial charge in [0.1, 0.15) is 17.2 Å². The van der Waals surface area contributed by atoms with E-state index in [1.165, 1.54) is 6.07 Å². The molecule has 7 heteroatoms. The maximum Gasteiger partial charge on any atom is 0.257 e. The smallest absolute Gasteiger partial charge is 0.257 e. The van der Waals surface area contributed by atoms with Crippen LogP contribution in [0.4, 0.5) is 14.5 Å². The number of halogens is 2. The first-order chi connectivity index (χ1) is 13.0. The van der Waals surface area contributed by atoms with Crippen LogP contribution in [0.25, 0.3) is 0 Å². The quantitative estimate of drug-likeness (QED) is 0.847. The number of piperidine rings is 1. The number of amides is 2. The number of nitrogens with zero attached hydrogens (tertiary/aromatic N) is 1. The summed E-state index contributed by atoms with van der Waals surface area (Å²) in [5, 5.41) is 5.52. The summed E-state index contributed by atoms with van der Waals surface area (Å²) >= 11 is 0. The van der Waals surface area contributed by atoms with Gasteiger partial charge >= 0.3 is 0 Å². The molecule has 0 aromatic heterocycles. The van der Waals surface area contributed by atoms with Gasteiger partial charge in [0.2, 0.25) is 5.91 Å². The van der Waals surface area contributed by atoms with Gasteiger partial charge in [-0.25, -0.2) is 8.78 Å². The molecule has 2 aromatic carbocycles. The zero-order valence-electron chi connectivity index (χ0n) is 14.8. The molecule has 5 nitrogen and oxygen atoms in total. The Morgan fingerprint density at radius 3 is 2.22 bits per heavy atom. The molecule has 2 aromatic rings. The predicted molar refractivity (Wildman–Crippen MR) is 98.4 cm³/mol. The van der Waals surface area contributed by atoms with E-state index in [0.29, 0.717) is 25.9 Å². The van der Waals surface area contributed by atoms with Gasteiger partial charge in [0, 0.05) is 24.8 Å². The lowest BCUT2D eigenvalue weighted by molar-refractivity contribution is -0.117. The number of hydrogen-bond acceptors (Lipinski definition) is 3. The van der Waals surface area contributed by atoms with E-state index in [1.54, 1.807) is 0 Å². The SMILES string of the molecule is O=C(CN1CCC(NC(=O)c2c(F)cccc2F)CC1)Nc1ccccc1. The molecule has 0 radical (unpaired) electrons. The van der Waals surface area contributed by atoms with Gasteiger partial charge in [-0.15, -0.1) is 0 Å². The van der Waals surface area contributed by atoms with E-state index in [2.05, 4.69) is 10.6 Å². The van der Waals surface area contributed by atoms with Crippen molar-refractivity contribution in [3.05, 3.63) is 65.7 Å². The monoisotopic (exact) mass is 373 g/mol. The van der Waals surface area contributed by atoms with Crippen molar-refractivity contribution in [2.45, 2.75) is 18.9 Å². The third-order valence-electron chi connectivity index (χ3n) is 4.54. The molecule has 0 unspecified atom stereocenters. The molecule has 1 aliphatic heterocycles. The van der Waals surface area contributed by atoms with E-state index < -0.39 is 23.1 Å². The summed E-state index contributed by atoms with van der Waals surface area (Å²) in [6, 6.07) is 12.4. The Balaban J connectivity index is 1.46. The maximum absolute atomic E-state index is 13.7. The van der Waals surface area contributed by atoms with Crippen LogP contribution in [-0.2, 0) is 4.79 Å². The first kappa shape index (κ1) is 19.0. The van der Waals surface area contributed by atoms with Crippen LogP contribution in [0.15, 0.2) is 48.5 Å². The minimum atomic E-state index is -0.873. The van der Waals surface area contributed by atoms with Gasteiger partial charge in [0.25, 0.3) is 5.91 Å². The lowest BCUT2D eigenvalue weighted by atomic mass is 10.0. The van der Waals surface area contributed by atoms with Crippen LogP contribution in [0.1, 0.15) is 23.2 Å². The van der Waals surface area contributed by atoms with E-state index in [0.717, 1.165) is 17.8 Å². The molecule has 0 bridgehead atoms. The second-order valence-electron chi connectivity index (χ2n) is 6.53. The van der Waals surface area contributed by atoms with Gasteiger partial charge in [-0.1, -0.05) is 24.3 Å². The number of hydrogen-bond donors (Lipinski definition) is 2. The summed E-state index contributed by atoms with van der Waals surface area (Å²) in [7, 11) is 0. The van der Waals surface area contributed by atoms with Crippen LogP contribution in [-0.4, -0.2) is 42.4 Å². The van der Waals surface area contributed by atoms with Crippen molar-refractivity contribution in [1.29, 1.82) is 0 Å². The highest BCUT2D eigenvalue weighted by Crippen LogP contribution is 2.15. The van der Waals surface area contributed by atoms with E-state index in [9.17, 15) is 18.4 Å². The topological polar surface area (TPSA) is 61.4 Å². The summed E-state index contributed by atoms with van der Waals surface area (Å²) in [6.45, 7) is 1.50. The van der Waals surface area contributed by atoms with Crippen LogP contribution >= 0.6 is 0 Å². The highest BCUT2D eigenvalue weighted by Gasteiger charge is 2.24. The molecule has 1 aliphatic rings. The van der Waals surface area contributed by atoms with Crippen LogP contribution in [0.3, 0.4) is 0 Å². The van der Waals surface area contributed by atoms with Crippen LogP contribution < -0.4 is 10.6 Å². The van der Waals surface area contributed by atoms with Crippen molar-refractivity contribution < 1.29 is 18.4 Å². The number of rotatable bonds is 5. The molecular weight excluding hydrogens is 352 g/mol. The minimum Gasteiger partial charge on any atom is -0.349 e. The Kier molecular flexibility index (Phi) is 6.13. The van der Waals surface area contributed by atoms with Gasteiger partial charge in [0.15, 0.2) is 0 Å². The number of carbonyl (C=O) groups excluding carboxylic acids is 2. The van der Waals surface area contributed by atoms with Gasteiger partial charge < -0.3 is 10.6 Å². The van der Waals surface area contributed by atoms with Crippen LogP contribution in [0, 0.1) is 11.6 Å². The average molecular weight is 373 g/mol. The van der Waals surface area contributed by atoms with Crippen LogP contribution in [0.5, 0.6) is 0 Å². The summed E-state index contributed by atoms with van der Waals surface area (Å²) < 4.78 is 27.4. The summed E-state index contributed by atoms with van der Waals surface area (Å²) in [5.41, 5.74) is 0.193. The summed E-state index contributed by atoms with van der Waals surface area (Å²) in [6.07, 6.45) is 1.22. The molecule has 0 atom stereocenters. The molecule has 3 rings (SSSR count). The Morgan fingerprint density at radius 1 is 0.963 bits per heavy atom. The third kappa shape index (κ3) is 5.10. The molecule has 1 heterocycles. The van der Waals surface area contributed by atoms with Crippen molar-refractivity contribution in [2.24, 2.45) is 0 Å². The number of nitrogens with one attached hydrogen (secondary N) is 2. The van der Waals surface area contributed by atoms with Crippen molar-refractivity contribution in [3.8, 4) is 0 Å². The standard InChI is InChI=1S/C20H21F2N3O2/c21-16-7-4-8-17(22)19(16)20(27)24-15-9-11-25(12-10-15)13-18(26)23-14-5-2-1-3-6-14/h1-8,15H,9-13H2,(H,23,26)(H,24,27). The van der Waals surface area contributed by atoms with Gasteiger partial charge in [0.05, 0.1) is 6.54 Å². The normalized spacial score (nSPS) is 15.3. The lowest BCUT2D eigenvalue weighted by Crippen LogP contribution is -2.46. The van der Waals surface area contributed by atoms with Gasteiger partial charge in [-0.2, -0.15) is 0 Å². The first-order valence-electron chi connectivity index (χ1n) is 8.85. The summed E-state index contributed by atoms with van der Waals surface area (Å²) in [5.74, 6) is -2.59. The van der Waals surface area contributed by atoms with E-state index >= 15 is 0 Å². The van der Waals surface area contributed by atoms with E-state index in [-0.39, 0.29) is 18.5 Å². The Morgan fingerprint density at radius 2 is 1.59 bits per heavy atom. The molecule has 1 fully saturated rings. The van der Waals surface area contributed by atoms with Gasteiger partial charge in [-0.3, -0.25) is 14.5 Å². The molecule has 0 saturated carbocycles. The molecule has 1 saturated heterocycles. The number of anilines is 1. The largest absolute Gasteiger partial charge is 0.349 e. The molecule has 2 amide bonds. The fraction of sp³-hybridized carbons (Fsp3) is 0.300. The number of carbonyl (C=O) groups is 2. The molecule has 27 heavy (non-hydrogen) atoms. The van der Waals surface area contributed by atoms with E-state index in [4.69, 9.17) is 0 Å². The van der Waals surface area contributed by atoms with Crippen molar-refractivity contribution in [1.82, 2.24) is 10.2 Å². The van der Waals surface area contributed by atoms with Crippen molar-refractivity contribution in [2.75, 3.05) is 25.0 Å². The number of likely N-dealkylation sites (tertiary alicyclic amines) is 1. The zero-order chi connectivity index (χ0) is 19.2. The second kappa shape index (κ2) is 8.73. The number of benzene rings is 2. The van der Waals surface area contributed by atoms with Gasteiger partial charge in [-0.05, 0) is 37.1 Å². The Hall–Kier alpha value is -2.80. The van der Waals surface area contributed by atoms with Crippen LogP contribution in [0.2, 0.25) is 0 Å². The fourth-order valence-electron chi connectivity index (χ4n) is 3.13. The lowest BCUT2D eigenvalue weighted by Gasteiger charge is -2.31. The second-order valence-corrected chi connectivity index (χ2v) is 6.53. The number of para-hydroxylation sites is 1. The van der Waals surface area contributed by atoms with E-state index in [1.807, 2.05) is 35.2 Å². The fourth-order valence-corrected chi connectivity index (χ4v) is 3.13. The first-order valence-corrected chi connectivity index (χ1v) is 8.85. The molecular formula is C20H21F2N3O2. The van der Waals surface area contributed by atoms with Crippen molar-refractivity contribution >= 4 is 17.5 Å². The molecule has 0 aliphatic carbocycles. The predicted octanol–water partition coefficient (Wildman–Crippen LogP) is 2.80. The maximum atomic E-state index is 13.7. The minimum absolute atomic E-state index is 0.0999. The third-order valence-corrected chi connectivity index (χ3v) is 4.54.